The lowest BCUT2D eigenvalue weighted by Crippen LogP contribution is -2.41. The van der Waals surface area contributed by atoms with Gasteiger partial charge in [0.1, 0.15) is 17.2 Å². The van der Waals surface area contributed by atoms with Gasteiger partial charge in [-0.1, -0.05) is 60.7 Å². The van der Waals surface area contributed by atoms with Gasteiger partial charge in [0, 0.05) is 24.2 Å². The largest absolute Gasteiger partial charge is 0.483 e. The van der Waals surface area contributed by atoms with E-state index >= 15 is 0 Å². The number of piperidine rings is 1. The number of rotatable bonds is 9. The molecule has 0 radical (unpaired) electrons. The first-order valence-corrected chi connectivity index (χ1v) is 13.9. The first kappa shape index (κ1) is 25.8. The Morgan fingerprint density at radius 3 is 2.25 bits per heavy atom. The summed E-state index contributed by atoms with van der Waals surface area (Å²) >= 11 is 0. The Bertz CT molecular complexity index is 1450. The van der Waals surface area contributed by atoms with Crippen molar-refractivity contribution in [2.24, 2.45) is 5.92 Å². The fourth-order valence-electron chi connectivity index (χ4n) is 5.38. The summed E-state index contributed by atoms with van der Waals surface area (Å²) in [4.78, 5) is 15.0. The quantitative estimate of drug-likeness (QED) is 0.228. The van der Waals surface area contributed by atoms with E-state index in [9.17, 15) is 4.79 Å². The van der Waals surface area contributed by atoms with Gasteiger partial charge in [-0.3, -0.25) is 4.79 Å². The van der Waals surface area contributed by atoms with Crippen molar-refractivity contribution in [1.82, 2.24) is 4.90 Å². The molecule has 1 saturated heterocycles. The second kappa shape index (κ2) is 12.2. The smallest absolute Gasteiger partial charge is 0.260 e. The lowest BCUT2D eigenvalue weighted by Gasteiger charge is -2.32. The van der Waals surface area contributed by atoms with Crippen molar-refractivity contribution >= 4 is 5.91 Å². The zero-order valence-corrected chi connectivity index (χ0v) is 22.5. The van der Waals surface area contributed by atoms with E-state index in [1.807, 2.05) is 89.8 Å². The van der Waals surface area contributed by atoms with Crippen molar-refractivity contribution in [2.75, 3.05) is 26.5 Å². The van der Waals surface area contributed by atoms with Crippen LogP contribution in [0.1, 0.15) is 24.8 Å². The van der Waals surface area contributed by atoms with E-state index in [4.69, 9.17) is 18.9 Å². The summed E-state index contributed by atoms with van der Waals surface area (Å²) < 4.78 is 23.2. The highest BCUT2D eigenvalue weighted by Gasteiger charge is 2.24. The van der Waals surface area contributed by atoms with Crippen molar-refractivity contribution in [1.29, 1.82) is 0 Å². The van der Waals surface area contributed by atoms with Crippen LogP contribution >= 0.6 is 0 Å². The molecule has 2 aliphatic rings. The first-order chi connectivity index (χ1) is 19.7. The Hall–Kier alpha value is -4.45. The minimum Gasteiger partial charge on any atom is -0.483 e. The summed E-state index contributed by atoms with van der Waals surface area (Å²) in [7, 11) is 0. The normalized spacial score (nSPS) is 14.7. The molecule has 2 heterocycles. The number of fused-ring (bicyclic) bond motifs is 1. The average Bonchev–Trinajstić information content (AvgIpc) is 3.48. The van der Waals surface area contributed by atoms with E-state index in [0.29, 0.717) is 18.5 Å². The molecule has 0 saturated carbocycles. The maximum atomic E-state index is 13.1. The third-order valence-electron chi connectivity index (χ3n) is 7.63. The molecule has 1 fully saturated rings. The van der Waals surface area contributed by atoms with E-state index in [-0.39, 0.29) is 12.5 Å². The van der Waals surface area contributed by atoms with Gasteiger partial charge in [0.05, 0.1) is 0 Å². The Kier molecular flexibility index (Phi) is 7.85. The molecule has 0 atom stereocenters. The molecule has 4 aromatic rings. The number of nitrogens with zero attached hydrogens (tertiary/aromatic N) is 1. The van der Waals surface area contributed by atoms with E-state index in [1.54, 1.807) is 0 Å². The summed E-state index contributed by atoms with van der Waals surface area (Å²) in [6.07, 6.45) is 4.13. The van der Waals surface area contributed by atoms with Crippen molar-refractivity contribution in [2.45, 2.75) is 25.7 Å². The number of hydrogen-bond donors (Lipinski definition) is 0. The Labute approximate surface area is 235 Å². The number of carbonyl (C=O) groups excluding carboxylic acids is 1. The number of benzene rings is 4. The SMILES string of the molecule is O=C(COc1ccccc1-c1ccccc1Oc1ccccc1)N1CCC(CCc2ccc3c(c2)OCO3)CC1. The third kappa shape index (κ3) is 6.07. The molecule has 2 aliphatic heterocycles. The predicted octanol–water partition coefficient (Wildman–Crippen LogP) is 7.12. The number of carbonyl (C=O) groups is 1. The molecule has 6 nitrogen and oxygen atoms in total. The van der Waals surface area contributed by atoms with Crippen LogP contribution in [0.3, 0.4) is 0 Å². The molecular weight excluding hydrogens is 502 g/mol. The zero-order valence-electron chi connectivity index (χ0n) is 22.5. The van der Waals surface area contributed by atoms with E-state index in [0.717, 1.165) is 72.9 Å². The van der Waals surface area contributed by atoms with Crippen LogP contribution < -0.4 is 18.9 Å². The number of para-hydroxylation sites is 3. The second-order valence-corrected chi connectivity index (χ2v) is 10.2. The van der Waals surface area contributed by atoms with E-state index in [2.05, 4.69) is 12.1 Å². The van der Waals surface area contributed by atoms with Gasteiger partial charge in [-0.2, -0.15) is 0 Å². The summed E-state index contributed by atoms with van der Waals surface area (Å²) in [5, 5.41) is 0. The molecule has 0 aliphatic carbocycles. The molecular formula is C34H33NO5. The van der Waals surface area contributed by atoms with Gasteiger partial charge in [-0.25, -0.2) is 0 Å². The van der Waals surface area contributed by atoms with Crippen molar-refractivity contribution in [3.8, 4) is 39.9 Å². The number of likely N-dealkylation sites (tertiary alicyclic amines) is 1. The van der Waals surface area contributed by atoms with Gasteiger partial charge >= 0.3 is 0 Å². The highest BCUT2D eigenvalue weighted by atomic mass is 16.7. The third-order valence-corrected chi connectivity index (χ3v) is 7.63. The average molecular weight is 536 g/mol. The van der Waals surface area contributed by atoms with Crippen molar-refractivity contribution < 1.29 is 23.7 Å². The van der Waals surface area contributed by atoms with Crippen LogP contribution in [0.4, 0.5) is 0 Å². The van der Waals surface area contributed by atoms with Gasteiger partial charge in [-0.05, 0) is 73.6 Å². The Morgan fingerprint density at radius 2 is 1.45 bits per heavy atom. The molecule has 204 valence electrons. The standard InChI is InChI=1S/C34H33NO5/c36-34(35-20-18-25(19-21-35)14-15-26-16-17-32-33(22-26)39-24-38-32)23-37-30-12-6-4-10-28(30)29-11-5-7-13-31(29)40-27-8-2-1-3-9-27/h1-13,16-17,22,25H,14-15,18-21,23-24H2. The topological polar surface area (TPSA) is 57.2 Å². The molecule has 1 amide bonds. The van der Waals surface area contributed by atoms with Gasteiger partial charge in [0.15, 0.2) is 18.1 Å². The van der Waals surface area contributed by atoms with E-state index in [1.165, 1.54) is 5.56 Å². The molecule has 4 aromatic carbocycles. The van der Waals surface area contributed by atoms with Gasteiger partial charge in [-0.15, -0.1) is 0 Å². The monoisotopic (exact) mass is 535 g/mol. The summed E-state index contributed by atoms with van der Waals surface area (Å²) in [6.45, 7) is 1.85. The maximum absolute atomic E-state index is 13.1. The van der Waals surface area contributed by atoms with Gasteiger partial charge in [0.25, 0.3) is 5.91 Å². The molecule has 0 spiro atoms. The molecule has 0 N–H and O–H groups in total. The summed E-state index contributed by atoms with van der Waals surface area (Å²) in [5.41, 5.74) is 3.08. The van der Waals surface area contributed by atoms with E-state index < -0.39 is 0 Å². The van der Waals surface area contributed by atoms with Crippen LogP contribution in [-0.4, -0.2) is 37.3 Å². The van der Waals surface area contributed by atoms with Crippen LogP contribution in [0.25, 0.3) is 11.1 Å². The Balaban J connectivity index is 1.03. The summed E-state index contributed by atoms with van der Waals surface area (Å²) in [5.74, 6) is 4.47. The minimum absolute atomic E-state index is 0.0145. The molecule has 0 aromatic heterocycles. The Morgan fingerprint density at radius 1 is 0.775 bits per heavy atom. The molecule has 0 unspecified atom stereocenters. The van der Waals surface area contributed by atoms with Crippen LogP contribution in [-0.2, 0) is 11.2 Å². The number of hydrogen-bond acceptors (Lipinski definition) is 5. The maximum Gasteiger partial charge on any atom is 0.260 e. The second-order valence-electron chi connectivity index (χ2n) is 10.2. The van der Waals surface area contributed by atoms with Crippen LogP contribution in [0.15, 0.2) is 97.1 Å². The molecule has 40 heavy (non-hydrogen) atoms. The summed E-state index contributed by atoms with van der Waals surface area (Å²) in [6, 6.07) is 31.6. The van der Waals surface area contributed by atoms with Crippen LogP contribution in [0.5, 0.6) is 28.7 Å². The highest BCUT2D eigenvalue weighted by molar-refractivity contribution is 5.79. The lowest BCUT2D eigenvalue weighted by atomic mass is 9.90. The highest BCUT2D eigenvalue weighted by Crippen LogP contribution is 2.38. The fourth-order valence-corrected chi connectivity index (χ4v) is 5.38. The first-order valence-electron chi connectivity index (χ1n) is 13.9. The van der Waals surface area contributed by atoms with Crippen LogP contribution in [0.2, 0.25) is 0 Å². The zero-order chi connectivity index (χ0) is 27.1. The minimum atomic E-state index is 0.0145. The number of ether oxygens (including phenoxy) is 4. The van der Waals surface area contributed by atoms with Crippen LogP contribution in [0, 0.1) is 5.92 Å². The molecule has 6 heteroatoms. The van der Waals surface area contributed by atoms with Gasteiger partial charge in [0.2, 0.25) is 6.79 Å². The predicted molar refractivity (Wildman–Crippen MR) is 154 cm³/mol. The number of amides is 1. The number of aryl methyl sites for hydroxylation is 1. The molecule has 0 bridgehead atoms. The van der Waals surface area contributed by atoms with Gasteiger partial charge < -0.3 is 23.8 Å². The van der Waals surface area contributed by atoms with Crippen molar-refractivity contribution in [3.05, 3.63) is 103 Å². The molecule has 6 rings (SSSR count). The van der Waals surface area contributed by atoms with Crippen molar-refractivity contribution in [3.63, 3.8) is 0 Å². The lowest BCUT2D eigenvalue weighted by molar-refractivity contribution is -0.134. The fraction of sp³-hybridized carbons (Fsp3) is 0.265.